The van der Waals surface area contributed by atoms with Gasteiger partial charge in [0.15, 0.2) is 5.78 Å². The highest BCUT2D eigenvalue weighted by atomic mass is 19.1. The summed E-state index contributed by atoms with van der Waals surface area (Å²) in [4.78, 5) is 12.8. The minimum absolute atomic E-state index is 0.185. The molecule has 2 rings (SSSR count). The Kier molecular flexibility index (Phi) is 2.23. The van der Waals surface area contributed by atoms with Crippen LogP contribution in [-0.2, 0) is 4.79 Å². The lowest BCUT2D eigenvalue weighted by Gasteiger charge is -2.17. The lowest BCUT2D eigenvalue weighted by Crippen LogP contribution is -2.20. The Bertz CT molecular complexity index is 376. The molecule has 0 amide bonds. The van der Waals surface area contributed by atoms with E-state index >= 15 is 0 Å². The Morgan fingerprint density at radius 3 is 2.79 bits per heavy atom. The van der Waals surface area contributed by atoms with Gasteiger partial charge in [-0.15, -0.1) is 0 Å². The van der Waals surface area contributed by atoms with Gasteiger partial charge in [-0.3, -0.25) is 4.79 Å². The second-order valence-electron chi connectivity index (χ2n) is 3.67. The molecule has 1 aliphatic heterocycles. The van der Waals surface area contributed by atoms with Crippen molar-refractivity contribution in [2.24, 2.45) is 0 Å². The van der Waals surface area contributed by atoms with Crippen LogP contribution in [0.3, 0.4) is 0 Å². The van der Waals surface area contributed by atoms with Crippen LogP contribution in [0.1, 0.15) is 12.0 Å². The first-order chi connectivity index (χ1) is 6.66. The molecular weight excluding hydrogens is 181 g/mol. The molecule has 14 heavy (non-hydrogen) atoms. The van der Waals surface area contributed by atoms with Crippen LogP contribution in [0.15, 0.2) is 18.2 Å². The molecule has 1 aliphatic rings. The van der Waals surface area contributed by atoms with Gasteiger partial charge in [-0.2, -0.15) is 0 Å². The number of aryl methyl sites for hydroxylation is 1. The van der Waals surface area contributed by atoms with E-state index in [2.05, 4.69) is 0 Å². The van der Waals surface area contributed by atoms with Gasteiger partial charge in [0, 0.05) is 13.0 Å². The number of nitrogens with zero attached hydrogens (tertiary/aromatic N) is 1. The molecule has 0 saturated carbocycles. The smallest absolute Gasteiger partial charge is 0.153 e. The summed E-state index contributed by atoms with van der Waals surface area (Å²) in [5.41, 5.74) is 1.44. The van der Waals surface area contributed by atoms with Gasteiger partial charge < -0.3 is 4.90 Å². The highest BCUT2D eigenvalue weighted by Crippen LogP contribution is 2.22. The zero-order valence-corrected chi connectivity index (χ0v) is 8.09. The summed E-state index contributed by atoms with van der Waals surface area (Å²) in [6, 6.07) is 5.10. The number of hydrogen-bond donors (Lipinski definition) is 0. The number of ketones is 1. The summed E-state index contributed by atoms with van der Waals surface area (Å²) in [6.45, 7) is 2.83. The summed E-state index contributed by atoms with van der Waals surface area (Å²) < 4.78 is 13.5. The van der Waals surface area contributed by atoms with Crippen molar-refractivity contribution in [3.63, 3.8) is 0 Å². The summed E-state index contributed by atoms with van der Waals surface area (Å²) in [7, 11) is 0. The van der Waals surface area contributed by atoms with E-state index in [-0.39, 0.29) is 11.6 Å². The van der Waals surface area contributed by atoms with Gasteiger partial charge in [-0.05, 0) is 24.6 Å². The van der Waals surface area contributed by atoms with Gasteiger partial charge in [-0.1, -0.05) is 6.07 Å². The number of Topliss-reactive ketones (excluding diaryl/α,β-unsaturated/α-hetero) is 1. The molecule has 1 aromatic rings. The fraction of sp³-hybridized carbons (Fsp3) is 0.364. The third-order valence-corrected chi connectivity index (χ3v) is 2.47. The second-order valence-corrected chi connectivity index (χ2v) is 3.67. The quantitative estimate of drug-likeness (QED) is 0.679. The van der Waals surface area contributed by atoms with Crippen LogP contribution >= 0.6 is 0 Å². The third kappa shape index (κ3) is 1.62. The van der Waals surface area contributed by atoms with Crippen molar-refractivity contribution in [2.45, 2.75) is 13.3 Å². The molecule has 1 heterocycles. The number of benzene rings is 1. The SMILES string of the molecule is Cc1ccc(N2CCC(=O)C2)c(F)c1. The topological polar surface area (TPSA) is 20.3 Å². The van der Waals surface area contributed by atoms with Crippen LogP contribution in [0.25, 0.3) is 0 Å². The zero-order chi connectivity index (χ0) is 10.1. The lowest BCUT2D eigenvalue weighted by molar-refractivity contribution is -0.116. The summed E-state index contributed by atoms with van der Waals surface area (Å²) in [6.07, 6.45) is 0.535. The highest BCUT2D eigenvalue weighted by molar-refractivity contribution is 5.87. The summed E-state index contributed by atoms with van der Waals surface area (Å²) in [5, 5.41) is 0. The maximum atomic E-state index is 13.5. The van der Waals surface area contributed by atoms with Crippen molar-refractivity contribution in [1.82, 2.24) is 0 Å². The molecular formula is C11H12FNO. The molecule has 3 heteroatoms. The molecule has 0 radical (unpaired) electrons. The predicted molar refractivity (Wildman–Crippen MR) is 53.0 cm³/mol. The number of anilines is 1. The standard InChI is InChI=1S/C11H12FNO/c1-8-2-3-11(10(12)6-8)13-5-4-9(14)7-13/h2-3,6H,4-5,7H2,1H3. The fourth-order valence-electron chi connectivity index (χ4n) is 1.70. The van der Waals surface area contributed by atoms with Crippen LogP contribution in [0.2, 0.25) is 0 Å². The third-order valence-electron chi connectivity index (χ3n) is 2.47. The minimum atomic E-state index is -0.236. The van der Waals surface area contributed by atoms with Crippen molar-refractivity contribution in [2.75, 3.05) is 18.0 Å². The van der Waals surface area contributed by atoms with E-state index in [1.165, 1.54) is 6.07 Å². The first kappa shape index (κ1) is 9.19. The number of halogens is 1. The van der Waals surface area contributed by atoms with E-state index < -0.39 is 0 Å². The van der Waals surface area contributed by atoms with Gasteiger partial charge in [0.1, 0.15) is 5.82 Å². The Hall–Kier alpha value is -1.38. The highest BCUT2D eigenvalue weighted by Gasteiger charge is 2.21. The van der Waals surface area contributed by atoms with E-state index in [0.717, 1.165) is 5.56 Å². The van der Waals surface area contributed by atoms with Crippen molar-refractivity contribution in [3.05, 3.63) is 29.6 Å². The van der Waals surface area contributed by atoms with Crippen LogP contribution in [0.4, 0.5) is 10.1 Å². The monoisotopic (exact) mass is 193 g/mol. The van der Waals surface area contributed by atoms with Gasteiger partial charge in [-0.25, -0.2) is 4.39 Å². The van der Waals surface area contributed by atoms with Crippen molar-refractivity contribution < 1.29 is 9.18 Å². The first-order valence-corrected chi connectivity index (χ1v) is 4.69. The van der Waals surface area contributed by atoms with E-state index in [1.54, 1.807) is 11.0 Å². The zero-order valence-electron chi connectivity index (χ0n) is 8.09. The Morgan fingerprint density at radius 2 is 2.21 bits per heavy atom. The average Bonchev–Trinajstić information content (AvgIpc) is 2.51. The molecule has 74 valence electrons. The van der Waals surface area contributed by atoms with Crippen molar-refractivity contribution in [3.8, 4) is 0 Å². The molecule has 0 aliphatic carbocycles. The molecule has 2 nitrogen and oxygen atoms in total. The minimum Gasteiger partial charge on any atom is -0.361 e. The van der Waals surface area contributed by atoms with Crippen LogP contribution < -0.4 is 4.90 Å². The van der Waals surface area contributed by atoms with E-state index in [1.807, 2.05) is 13.0 Å². The van der Waals surface area contributed by atoms with E-state index in [4.69, 9.17) is 0 Å². The predicted octanol–water partition coefficient (Wildman–Crippen LogP) is 1.91. The maximum absolute atomic E-state index is 13.5. The van der Waals surface area contributed by atoms with Gasteiger partial charge in [0.05, 0.1) is 12.2 Å². The summed E-state index contributed by atoms with van der Waals surface area (Å²) >= 11 is 0. The number of carbonyl (C=O) groups is 1. The molecule has 1 saturated heterocycles. The average molecular weight is 193 g/mol. The first-order valence-electron chi connectivity index (χ1n) is 4.69. The van der Waals surface area contributed by atoms with Crippen molar-refractivity contribution >= 4 is 11.5 Å². The number of rotatable bonds is 1. The van der Waals surface area contributed by atoms with Crippen molar-refractivity contribution in [1.29, 1.82) is 0 Å². The molecule has 1 aromatic carbocycles. The lowest BCUT2D eigenvalue weighted by atomic mass is 10.2. The molecule has 0 aromatic heterocycles. The molecule has 0 atom stereocenters. The van der Waals surface area contributed by atoms with E-state index in [9.17, 15) is 9.18 Å². The van der Waals surface area contributed by atoms with Crippen LogP contribution in [0, 0.1) is 12.7 Å². The molecule has 1 fully saturated rings. The Morgan fingerprint density at radius 1 is 1.43 bits per heavy atom. The molecule has 0 N–H and O–H groups in total. The Labute approximate surface area is 82.3 Å². The molecule has 0 spiro atoms. The van der Waals surface area contributed by atoms with Crippen LogP contribution in [0.5, 0.6) is 0 Å². The van der Waals surface area contributed by atoms with Gasteiger partial charge in [0.25, 0.3) is 0 Å². The van der Waals surface area contributed by atoms with Crippen LogP contribution in [-0.4, -0.2) is 18.9 Å². The molecule has 0 bridgehead atoms. The second kappa shape index (κ2) is 3.40. The summed E-state index contributed by atoms with van der Waals surface area (Å²) in [5.74, 6) is -0.0512. The maximum Gasteiger partial charge on any atom is 0.153 e. The van der Waals surface area contributed by atoms with Gasteiger partial charge >= 0.3 is 0 Å². The largest absolute Gasteiger partial charge is 0.361 e. The molecule has 0 unspecified atom stereocenters. The normalized spacial score (nSPS) is 16.4. The van der Waals surface area contributed by atoms with E-state index in [0.29, 0.717) is 25.2 Å². The number of carbonyl (C=O) groups excluding carboxylic acids is 1. The number of hydrogen-bond acceptors (Lipinski definition) is 2. The van der Waals surface area contributed by atoms with Gasteiger partial charge in [0.2, 0.25) is 0 Å². The fourth-order valence-corrected chi connectivity index (χ4v) is 1.70. The Balaban J connectivity index is 2.28.